The van der Waals surface area contributed by atoms with E-state index >= 15 is 0 Å². The largest absolute Gasteiger partial charge is 0.394 e. The molecule has 0 spiro atoms. The van der Waals surface area contributed by atoms with Crippen LogP contribution < -0.4 is 10.2 Å². The Hall–Kier alpha value is -2.70. The molecular formula is C23H28F3N5O. The Labute approximate surface area is 186 Å². The van der Waals surface area contributed by atoms with E-state index in [1.54, 1.807) is 29.2 Å². The smallest absolute Gasteiger partial charge is 0.370 e. The first-order valence-corrected chi connectivity index (χ1v) is 10.7. The van der Waals surface area contributed by atoms with E-state index in [0.717, 1.165) is 6.04 Å². The average molecular weight is 448 g/mol. The van der Waals surface area contributed by atoms with Gasteiger partial charge in [-0.15, -0.1) is 0 Å². The molecule has 0 bridgehead atoms. The predicted molar refractivity (Wildman–Crippen MR) is 117 cm³/mol. The number of hydrogen-bond acceptors (Lipinski definition) is 6. The molecule has 3 heterocycles. The standard InChI is InChI=1S/C16H12F3N3O.C7H16N2/c17-16(18,19)13-8-22(7-11(13)9-23)14-4-3-10(6-20)15-12(14)2-1-5-21-15;1-8-7-3-5-9(2)6-4-7/h1-5,9,11,13H,7-8H2;7-8H,3-6H2,1-2H3. The van der Waals surface area contributed by atoms with Crippen molar-refractivity contribution in [2.75, 3.05) is 45.2 Å². The first kappa shape index (κ1) is 24.0. The van der Waals surface area contributed by atoms with Gasteiger partial charge in [0.2, 0.25) is 0 Å². The third kappa shape index (κ3) is 5.37. The Balaban J connectivity index is 0.000000269. The quantitative estimate of drug-likeness (QED) is 0.729. The molecule has 1 aromatic heterocycles. The number of carbonyl (C=O) groups excluding carboxylic acids is 1. The van der Waals surface area contributed by atoms with Crippen molar-refractivity contribution < 1.29 is 18.0 Å². The van der Waals surface area contributed by atoms with Gasteiger partial charge in [0.05, 0.1) is 17.0 Å². The molecule has 2 aromatic rings. The molecule has 2 atom stereocenters. The second-order valence-electron chi connectivity index (χ2n) is 8.36. The lowest BCUT2D eigenvalue weighted by Gasteiger charge is -2.28. The minimum Gasteiger partial charge on any atom is -0.370 e. The number of likely N-dealkylation sites (tertiary alicyclic amines) is 1. The highest BCUT2D eigenvalue weighted by atomic mass is 19.4. The summed E-state index contributed by atoms with van der Waals surface area (Å²) in [5, 5.41) is 13.0. The van der Waals surface area contributed by atoms with Crippen LogP contribution in [0.3, 0.4) is 0 Å². The Morgan fingerprint density at radius 1 is 1.22 bits per heavy atom. The lowest BCUT2D eigenvalue weighted by atomic mass is 9.97. The molecule has 9 heteroatoms. The summed E-state index contributed by atoms with van der Waals surface area (Å²) in [7, 11) is 4.24. The molecule has 0 radical (unpaired) electrons. The molecule has 4 rings (SSSR count). The molecule has 2 unspecified atom stereocenters. The zero-order chi connectivity index (χ0) is 23.3. The van der Waals surface area contributed by atoms with E-state index in [4.69, 9.17) is 5.26 Å². The minimum atomic E-state index is -4.42. The molecule has 32 heavy (non-hydrogen) atoms. The Morgan fingerprint density at radius 3 is 2.50 bits per heavy atom. The molecule has 6 nitrogen and oxygen atoms in total. The molecule has 0 amide bonds. The lowest BCUT2D eigenvalue weighted by molar-refractivity contribution is -0.179. The summed E-state index contributed by atoms with van der Waals surface area (Å²) in [5.41, 5.74) is 1.37. The van der Waals surface area contributed by atoms with Gasteiger partial charge in [0, 0.05) is 42.3 Å². The van der Waals surface area contributed by atoms with Crippen molar-refractivity contribution in [2.45, 2.75) is 25.1 Å². The van der Waals surface area contributed by atoms with Crippen LogP contribution in [0.5, 0.6) is 0 Å². The summed E-state index contributed by atoms with van der Waals surface area (Å²) in [4.78, 5) is 19.1. The van der Waals surface area contributed by atoms with Gasteiger partial charge in [-0.25, -0.2) is 0 Å². The van der Waals surface area contributed by atoms with Crippen LogP contribution in [0.15, 0.2) is 30.5 Å². The SMILES string of the molecule is CNC1CCN(C)CC1.N#Cc1ccc(N2CC(C=O)C(C(F)(F)F)C2)c2cccnc12. The summed E-state index contributed by atoms with van der Waals surface area (Å²) in [6.07, 6.45) is 0.118. The minimum absolute atomic E-state index is 0.00354. The van der Waals surface area contributed by atoms with Crippen LogP contribution in [-0.2, 0) is 4.79 Å². The first-order valence-electron chi connectivity index (χ1n) is 10.7. The summed E-state index contributed by atoms with van der Waals surface area (Å²) >= 11 is 0. The fourth-order valence-electron chi connectivity index (χ4n) is 4.33. The van der Waals surface area contributed by atoms with Crippen molar-refractivity contribution in [3.63, 3.8) is 0 Å². The number of rotatable bonds is 3. The van der Waals surface area contributed by atoms with E-state index in [9.17, 15) is 18.0 Å². The van der Waals surface area contributed by atoms with Crippen molar-refractivity contribution in [3.05, 3.63) is 36.0 Å². The Kier molecular flexibility index (Phi) is 7.69. The fraction of sp³-hybridized carbons (Fsp3) is 0.522. The number of hydrogen-bond donors (Lipinski definition) is 1. The topological polar surface area (TPSA) is 72.3 Å². The van der Waals surface area contributed by atoms with E-state index in [0.29, 0.717) is 28.4 Å². The summed E-state index contributed by atoms with van der Waals surface area (Å²) < 4.78 is 39.2. The molecule has 2 aliphatic rings. The molecule has 0 saturated carbocycles. The summed E-state index contributed by atoms with van der Waals surface area (Å²) in [5.74, 6) is -2.76. The van der Waals surface area contributed by atoms with E-state index in [1.165, 1.54) is 32.1 Å². The normalized spacial score (nSPS) is 22.3. The van der Waals surface area contributed by atoms with Gasteiger partial charge >= 0.3 is 6.18 Å². The number of carbonyl (C=O) groups is 1. The van der Waals surface area contributed by atoms with Crippen LogP contribution in [0.4, 0.5) is 18.9 Å². The number of halogens is 3. The predicted octanol–water partition coefficient (Wildman–Crippen LogP) is 3.22. The van der Waals surface area contributed by atoms with Gasteiger partial charge in [-0.2, -0.15) is 18.4 Å². The lowest BCUT2D eigenvalue weighted by Crippen LogP contribution is -2.39. The van der Waals surface area contributed by atoms with Crippen molar-refractivity contribution in [1.82, 2.24) is 15.2 Å². The maximum absolute atomic E-state index is 13.1. The highest BCUT2D eigenvalue weighted by molar-refractivity contribution is 5.95. The van der Waals surface area contributed by atoms with Crippen LogP contribution in [0.1, 0.15) is 18.4 Å². The van der Waals surface area contributed by atoms with Gasteiger partial charge in [-0.05, 0) is 64.3 Å². The number of pyridine rings is 1. The second-order valence-corrected chi connectivity index (χ2v) is 8.36. The number of benzene rings is 1. The zero-order valence-corrected chi connectivity index (χ0v) is 18.3. The molecule has 172 valence electrons. The highest BCUT2D eigenvalue weighted by Crippen LogP contribution is 2.40. The van der Waals surface area contributed by atoms with Gasteiger partial charge in [0.1, 0.15) is 12.4 Å². The van der Waals surface area contributed by atoms with Crippen molar-refractivity contribution in [3.8, 4) is 6.07 Å². The molecule has 2 aliphatic heterocycles. The number of aromatic nitrogens is 1. The van der Waals surface area contributed by atoms with Gasteiger partial charge in [-0.1, -0.05) is 0 Å². The molecule has 2 fully saturated rings. The number of nitrogens with one attached hydrogen (secondary N) is 1. The van der Waals surface area contributed by atoms with Crippen LogP contribution in [0.25, 0.3) is 10.9 Å². The average Bonchev–Trinajstić information content (AvgIpc) is 3.24. The fourth-order valence-corrected chi connectivity index (χ4v) is 4.33. The number of nitriles is 1. The number of nitrogens with zero attached hydrogens (tertiary/aromatic N) is 4. The summed E-state index contributed by atoms with van der Waals surface area (Å²) in [6.45, 7) is 2.24. The third-order valence-corrected chi connectivity index (χ3v) is 6.29. The van der Waals surface area contributed by atoms with Gasteiger partial charge in [0.25, 0.3) is 0 Å². The maximum atomic E-state index is 13.1. The number of fused-ring (bicyclic) bond motifs is 1. The molecule has 0 aliphatic carbocycles. The van der Waals surface area contributed by atoms with Crippen molar-refractivity contribution in [2.24, 2.45) is 11.8 Å². The number of piperidine rings is 1. The molecular weight excluding hydrogens is 419 g/mol. The Bertz CT molecular complexity index is 966. The van der Waals surface area contributed by atoms with E-state index in [2.05, 4.69) is 29.3 Å². The third-order valence-electron chi connectivity index (χ3n) is 6.29. The monoisotopic (exact) mass is 447 g/mol. The van der Waals surface area contributed by atoms with E-state index in [-0.39, 0.29) is 13.1 Å². The summed E-state index contributed by atoms with van der Waals surface area (Å²) in [6, 6.07) is 9.35. The molecule has 1 aromatic carbocycles. The van der Waals surface area contributed by atoms with Crippen molar-refractivity contribution in [1.29, 1.82) is 5.26 Å². The number of alkyl halides is 3. The van der Waals surface area contributed by atoms with Crippen LogP contribution >= 0.6 is 0 Å². The zero-order valence-electron chi connectivity index (χ0n) is 18.3. The highest BCUT2D eigenvalue weighted by Gasteiger charge is 2.49. The van der Waals surface area contributed by atoms with E-state index in [1.807, 2.05) is 6.07 Å². The number of aldehydes is 1. The second kappa shape index (κ2) is 10.3. The first-order chi connectivity index (χ1) is 15.3. The van der Waals surface area contributed by atoms with Gasteiger partial charge in [-0.3, -0.25) is 4.98 Å². The molecule has 1 N–H and O–H groups in total. The number of anilines is 1. The van der Waals surface area contributed by atoms with Gasteiger partial charge in [0.15, 0.2) is 0 Å². The van der Waals surface area contributed by atoms with Crippen molar-refractivity contribution >= 4 is 22.9 Å². The van der Waals surface area contributed by atoms with Crippen LogP contribution in [-0.4, -0.2) is 68.7 Å². The maximum Gasteiger partial charge on any atom is 0.394 e. The van der Waals surface area contributed by atoms with Crippen LogP contribution in [0.2, 0.25) is 0 Å². The van der Waals surface area contributed by atoms with Crippen LogP contribution in [0, 0.1) is 23.2 Å². The van der Waals surface area contributed by atoms with Gasteiger partial charge < -0.3 is 19.9 Å². The Morgan fingerprint density at radius 2 is 1.94 bits per heavy atom. The van der Waals surface area contributed by atoms with E-state index < -0.39 is 18.0 Å². The molecule has 2 saturated heterocycles.